The van der Waals surface area contributed by atoms with E-state index in [1.54, 1.807) is 10.7 Å². The molecule has 0 aliphatic carbocycles. The first kappa shape index (κ1) is 14.5. The lowest BCUT2D eigenvalue weighted by molar-refractivity contribution is 0.529. The van der Waals surface area contributed by atoms with Crippen molar-refractivity contribution in [2.24, 2.45) is 0 Å². The largest absolute Gasteiger partial charge is 0.459 e. The Morgan fingerprint density at radius 2 is 2.18 bits per heavy atom. The quantitative estimate of drug-likeness (QED) is 0.780. The van der Waals surface area contributed by atoms with Crippen molar-refractivity contribution in [3.05, 3.63) is 46.9 Å². The number of nitrogens with zero attached hydrogens (tertiary/aromatic N) is 4. The van der Waals surface area contributed by atoms with E-state index in [0.717, 1.165) is 5.56 Å². The van der Waals surface area contributed by atoms with Crippen molar-refractivity contribution in [3.8, 4) is 11.3 Å². The second-order valence-electron chi connectivity index (χ2n) is 4.57. The number of anilines is 1. The van der Waals surface area contributed by atoms with Gasteiger partial charge in [0.05, 0.1) is 11.6 Å². The van der Waals surface area contributed by atoms with Crippen LogP contribution in [-0.4, -0.2) is 20.2 Å². The highest BCUT2D eigenvalue weighted by Gasteiger charge is 2.09. The maximum atomic E-state index is 13.2. The third-order valence-electron chi connectivity index (χ3n) is 3.12. The van der Waals surface area contributed by atoms with Crippen LogP contribution in [0.1, 0.15) is 12.7 Å². The second-order valence-corrected chi connectivity index (χ2v) is 4.97. The first-order valence-corrected chi connectivity index (χ1v) is 7.09. The van der Waals surface area contributed by atoms with Crippen molar-refractivity contribution < 1.29 is 8.81 Å². The minimum absolute atomic E-state index is 0.0655. The van der Waals surface area contributed by atoms with E-state index in [2.05, 4.69) is 20.8 Å². The minimum atomic E-state index is -0.453. The van der Waals surface area contributed by atoms with Gasteiger partial charge in [0.1, 0.15) is 17.3 Å². The first-order valence-electron chi connectivity index (χ1n) is 6.71. The first-order chi connectivity index (χ1) is 10.7. The van der Waals surface area contributed by atoms with Gasteiger partial charge in [0.25, 0.3) is 0 Å². The number of aryl methyl sites for hydroxylation is 1. The molecule has 0 atom stereocenters. The summed E-state index contributed by atoms with van der Waals surface area (Å²) in [7, 11) is 0. The summed E-state index contributed by atoms with van der Waals surface area (Å²) in [6.45, 7) is 3.06. The van der Waals surface area contributed by atoms with Crippen molar-refractivity contribution in [2.75, 3.05) is 5.32 Å². The average Bonchev–Trinajstić information content (AvgIpc) is 3.16. The summed E-state index contributed by atoms with van der Waals surface area (Å²) in [5, 5.41) is 14.5. The molecule has 114 valence electrons. The Hall–Kier alpha value is -2.41. The third-order valence-corrected chi connectivity index (χ3v) is 3.41. The maximum absolute atomic E-state index is 13.2. The van der Waals surface area contributed by atoms with Crippen LogP contribution < -0.4 is 5.32 Å². The van der Waals surface area contributed by atoms with Crippen molar-refractivity contribution in [1.29, 1.82) is 0 Å². The lowest BCUT2D eigenvalue weighted by Crippen LogP contribution is -2.07. The normalized spacial score (nSPS) is 10.9. The summed E-state index contributed by atoms with van der Waals surface area (Å²) < 4.78 is 20.5. The molecule has 6 nitrogen and oxygen atoms in total. The molecule has 2 heterocycles. The van der Waals surface area contributed by atoms with Gasteiger partial charge in [-0.2, -0.15) is 0 Å². The summed E-state index contributed by atoms with van der Waals surface area (Å²) in [5.74, 6) is 1.45. The maximum Gasteiger partial charge on any atom is 0.243 e. The van der Waals surface area contributed by atoms with Crippen LogP contribution in [0, 0.1) is 5.82 Å². The number of benzene rings is 1. The Morgan fingerprint density at radius 3 is 2.95 bits per heavy atom. The molecule has 22 heavy (non-hydrogen) atoms. The van der Waals surface area contributed by atoms with Gasteiger partial charge in [0, 0.05) is 12.1 Å². The van der Waals surface area contributed by atoms with Gasteiger partial charge in [-0.15, -0.1) is 0 Å². The molecule has 0 fully saturated rings. The van der Waals surface area contributed by atoms with Gasteiger partial charge in [-0.25, -0.2) is 9.07 Å². The molecule has 0 unspecified atom stereocenters. The molecule has 0 saturated heterocycles. The SMILES string of the molecule is CCn1nnnc1NCc1ccc(-c2ccc(F)c(Cl)c2)o1. The van der Waals surface area contributed by atoms with Gasteiger partial charge < -0.3 is 9.73 Å². The van der Waals surface area contributed by atoms with Crippen LogP contribution >= 0.6 is 11.6 Å². The molecular formula is C14H13ClFN5O. The van der Waals surface area contributed by atoms with E-state index < -0.39 is 5.82 Å². The lowest BCUT2D eigenvalue weighted by atomic mass is 10.2. The fourth-order valence-electron chi connectivity index (χ4n) is 1.99. The number of rotatable bonds is 5. The zero-order valence-corrected chi connectivity index (χ0v) is 12.5. The Kier molecular flexibility index (Phi) is 4.06. The summed E-state index contributed by atoms with van der Waals surface area (Å²) in [6.07, 6.45) is 0. The number of furan rings is 1. The van der Waals surface area contributed by atoms with E-state index in [9.17, 15) is 4.39 Å². The van der Waals surface area contributed by atoms with Crippen LogP contribution in [0.5, 0.6) is 0 Å². The molecule has 2 aromatic heterocycles. The number of tetrazole rings is 1. The smallest absolute Gasteiger partial charge is 0.243 e. The molecule has 1 N–H and O–H groups in total. The highest BCUT2D eigenvalue weighted by atomic mass is 35.5. The number of halogens is 2. The van der Waals surface area contributed by atoms with E-state index in [1.165, 1.54) is 12.1 Å². The molecule has 0 radical (unpaired) electrons. The minimum Gasteiger partial charge on any atom is -0.459 e. The van der Waals surface area contributed by atoms with Crippen molar-refractivity contribution in [2.45, 2.75) is 20.0 Å². The van der Waals surface area contributed by atoms with E-state index in [1.807, 2.05) is 19.1 Å². The highest BCUT2D eigenvalue weighted by molar-refractivity contribution is 6.31. The Morgan fingerprint density at radius 1 is 1.32 bits per heavy atom. The summed E-state index contributed by atoms with van der Waals surface area (Å²) in [6, 6.07) is 8.11. The molecule has 1 aromatic carbocycles. The molecule has 3 aromatic rings. The monoisotopic (exact) mass is 321 g/mol. The molecule has 3 rings (SSSR count). The van der Waals surface area contributed by atoms with E-state index >= 15 is 0 Å². The van der Waals surface area contributed by atoms with Gasteiger partial charge in [-0.05, 0) is 47.7 Å². The Balaban J connectivity index is 1.72. The lowest BCUT2D eigenvalue weighted by Gasteiger charge is -2.03. The zero-order valence-electron chi connectivity index (χ0n) is 11.8. The van der Waals surface area contributed by atoms with E-state index in [4.69, 9.17) is 16.0 Å². The molecule has 8 heteroatoms. The van der Waals surface area contributed by atoms with Crippen LogP contribution in [0.4, 0.5) is 10.3 Å². The average molecular weight is 322 g/mol. The number of aromatic nitrogens is 4. The summed E-state index contributed by atoms with van der Waals surface area (Å²) in [5.41, 5.74) is 0.719. The highest BCUT2D eigenvalue weighted by Crippen LogP contribution is 2.26. The third kappa shape index (κ3) is 2.94. The van der Waals surface area contributed by atoms with Crippen molar-refractivity contribution >= 4 is 17.5 Å². The summed E-state index contributed by atoms with van der Waals surface area (Å²) >= 11 is 5.78. The second kappa shape index (κ2) is 6.15. The van der Waals surface area contributed by atoms with Crippen LogP contribution in [0.3, 0.4) is 0 Å². The number of hydrogen-bond donors (Lipinski definition) is 1. The summed E-state index contributed by atoms with van der Waals surface area (Å²) in [4.78, 5) is 0. The van der Waals surface area contributed by atoms with Crippen LogP contribution in [0.2, 0.25) is 5.02 Å². The van der Waals surface area contributed by atoms with Gasteiger partial charge >= 0.3 is 0 Å². The molecule has 0 bridgehead atoms. The van der Waals surface area contributed by atoms with E-state index in [-0.39, 0.29) is 5.02 Å². The topological polar surface area (TPSA) is 68.8 Å². The van der Waals surface area contributed by atoms with Gasteiger partial charge in [-0.1, -0.05) is 16.7 Å². The fourth-order valence-corrected chi connectivity index (χ4v) is 2.17. The van der Waals surface area contributed by atoms with Crippen LogP contribution in [-0.2, 0) is 13.1 Å². The standard InChI is InChI=1S/C14H13ClFN5O/c1-2-21-14(18-19-20-21)17-8-10-4-6-13(22-10)9-3-5-12(16)11(15)7-9/h3-7H,2,8H2,1H3,(H,17,18,20). The molecule has 0 saturated carbocycles. The predicted molar refractivity (Wildman–Crippen MR) is 79.9 cm³/mol. The predicted octanol–water partition coefficient (Wildman–Crippen LogP) is 3.36. The molecular weight excluding hydrogens is 309 g/mol. The van der Waals surface area contributed by atoms with E-state index in [0.29, 0.717) is 30.6 Å². The molecule has 0 amide bonds. The van der Waals surface area contributed by atoms with Gasteiger partial charge in [-0.3, -0.25) is 0 Å². The molecule has 0 aliphatic rings. The van der Waals surface area contributed by atoms with Crippen molar-refractivity contribution in [3.63, 3.8) is 0 Å². The zero-order chi connectivity index (χ0) is 15.5. The fraction of sp³-hybridized carbons (Fsp3) is 0.214. The Labute approximate surface area is 130 Å². The van der Waals surface area contributed by atoms with Gasteiger partial charge in [0.15, 0.2) is 0 Å². The van der Waals surface area contributed by atoms with Crippen LogP contribution in [0.25, 0.3) is 11.3 Å². The van der Waals surface area contributed by atoms with Crippen molar-refractivity contribution in [1.82, 2.24) is 20.2 Å². The van der Waals surface area contributed by atoms with Crippen LogP contribution in [0.15, 0.2) is 34.7 Å². The molecule has 0 spiro atoms. The Bertz CT molecular complexity index is 785. The number of nitrogens with one attached hydrogen (secondary N) is 1. The molecule has 0 aliphatic heterocycles. The van der Waals surface area contributed by atoms with Gasteiger partial charge in [0.2, 0.25) is 5.95 Å². The number of hydrogen-bond acceptors (Lipinski definition) is 5.